The minimum atomic E-state index is -0.0723. The van der Waals surface area contributed by atoms with Gasteiger partial charge < -0.3 is 5.32 Å². The molecule has 1 aliphatic carbocycles. The number of carbonyl (C=O) groups excluding carboxylic acids is 1. The maximum absolute atomic E-state index is 12.4. The van der Waals surface area contributed by atoms with E-state index in [0.29, 0.717) is 11.6 Å². The number of thioether (sulfide) groups is 1. The van der Waals surface area contributed by atoms with Crippen LogP contribution in [0, 0.1) is 6.92 Å². The highest BCUT2D eigenvalue weighted by atomic mass is 32.2. The molecule has 0 atom stereocenters. The minimum Gasteiger partial charge on any atom is -0.310 e. The van der Waals surface area contributed by atoms with Crippen LogP contribution in [-0.2, 0) is 17.6 Å². The first-order valence-corrected chi connectivity index (χ1v) is 10.2. The molecule has 0 unspecified atom stereocenters. The van der Waals surface area contributed by atoms with E-state index in [2.05, 4.69) is 27.0 Å². The lowest BCUT2D eigenvalue weighted by Gasteiger charge is -2.15. The third-order valence-electron chi connectivity index (χ3n) is 4.63. The summed E-state index contributed by atoms with van der Waals surface area (Å²) in [7, 11) is 0. The average molecular weight is 379 g/mol. The number of nitrogens with zero attached hydrogens (tertiary/aromatic N) is 3. The number of imidazole rings is 1. The molecule has 5 nitrogen and oxygen atoms in total. The third kappa shape index (κ3) is 4.06. The summed E-state index contributed by atoms with van der Waals surface area (Å²) in [4.78, 5) is 21.4. The Balaban J connectivity index is 1.52. The van der Waals surface area contributed by atoms with Crippen molar-refractivity contribution in [3.05, 3.63) is 65.6 Å². The van der Waals surface area contributed by atoms with Gasteiger partial charge in [-0.25, -0.2) is 9.97 Å². The topological polar surface area (TPSA) is 59.8 Å². The van der Waals surface area contributed by atoms with Gasteiger partial charge in [0.05, 0.1) is 11.4 Å². The molecule has 2 aromatic heterocycles. The van der Waals surface area contributed by atoms with E-state index in [1.165, 1.54) is 36.0 Å². The molecule has 6 heteroatoms. The fourth-order valence-corrected chi connectivity index (χ4v) is 4.16. The number of hydrogen-bond acceptors (Lipinski definition) is 4. The van der Waals surface area contributed by atoms with Crippen LogP contribution >= 0.6 is 11.8 Å². The fourth-order valence-electron chi connectivity index (χ4n) is 3.31. The van der Waals surface area contributed by atoms with Crippen LogP contribution in [0.15, 0.2) is 53.8 Å². The Morgan fingerprint density at radius 2 is 1.96 bits per heavy atom. The Labute approximate surface area is 163 Å². The number of fused-ring (bicyclic) bond motifs is 1. The Bertz CT molecular complexity index is 935. The van der Waals surface area contributed by atoms with Crippen molar-refractivity contribution >= 4 is 23.5 Å². The summed E-state index contributed by atoms with van der Waals surface area (Å²) in [6.07, 6.45) is 6.18. The number of aromatic nitrogens is 3. The number of benzene rings is 1. The molecule has 0 fully saturated rings. The predicted molar refractivity (Wildman–Crippen MR) is 109 cm³/mol. The lowest BCUT2D eigenvalue weighted by Crippen LogP contribution is -2.15. The first kappa shape index (κ1) is 17.8. The zero-order chi connectivity index (χ0) is 18.6. The molecular formula is C21H22N4OS. The highest BCUT2D eigenvalue weighted by Gasteiger charge is 2.21. The van der Waals surface area contributed by atoms with E-state index < -0.39 is 0 Å². The monoisotopic (exact) mass is 378 g/mol. The standard InChI is InChI=1S/C21H22N4OS/c1-15-11-12-19(22-13-15)24-20(26)14-27-21-23-17-9-5-6-10-18(17)25(21)16-7-3-2-4-8-16/h2-4,7-8,11-13H,5-6,9-10,14H2,1H3,(H,22,24,26). The second-order valence-electron chi connectivity index (χ2n) is 6.72. The Morgan fingerprint density at radius 1 is 1.15 bits per heavy atom. The van der Waals surface area contributed by atoms with Crippen LogP contribution in [0.4, 0.5) is 5.82 Å². The molecule has 0 bridgehead atoms. The SMILES string of the molecule is Cc1ccc(NC(=O)CSc2nc3c(n2-c2ccccc2)CCCC3)nc1. The summed E-state index contributed by atoms with van der Waals surface area (Å²) in [5.41, 5.74) is 4.64. The van der Waals surface area contributed by atoms with Gasteiger partial charge in [-0.3, -0.25) is 9.36 Å². The van der Waals surface area contributed by atoms with Gasteiger partial charge in [-0.2, -0.15) is 0 Å². The molecule has 0 spiro atoms. The molecule has 2 heterocycles. The lowest BCUT2D eigenvalue weighted by atomic mass is 10.0. The predicted octanol–water partition coefficient (Wildman–Crippen LogP) is 4.19. The lowest BCUT2D eigenvalue weighted by molar-refractivity contribution is -0.113. The van der Waals surface area contributed by atoms with Crippen molar-refractivity contribution in [2.24, 2.45) is 0 Å². The van der Waals surface area contributed by atoms with Gasteiger partial charge >= 0.3 is 0 Å². The van der Waals surface area contributed by atoms with Crippen LogP contribution < -0.4 is 5.32 Å². The molecule has 0 saturated carbocycles. The zero-order valence-corrected chi connectivity index (χ0v) is 16.1. The van der Waals surface area contributed by atoms with E-state index in [1.807, 2.05) is 37.3 Å². The molecule has 1 aromatic carbocycles. The van der Waals surface area contributed by atoms with Gasteiger partial charge in [-0.15, -0.1) is 0 Å². The number of carbonyl (C=O) groups is 1. The van der Waals surface area contributed by atoms with E-state index >= 15 is 0 Å². The van der Waals surface area contributed by atoms with Crippen molar-refractivity contribution in [1.82, 2.24) is 14.5 Å². The number of rotatable bonds is 5. The first-order valence-electron chi connectivity index (χ1n) is 9.22. The summed E-state index contributed by atoms with van der Waals surface area (Å²) >= 11 is 1.48. The Morgan fingerprint density at radius 3 is 2.74 bits per heavy atom. The largest absolute Gasteiger partial charge is 0.310 e. The summed E-state index contributed by atoms with van der Waals surface area (Å²) in [5, 5.41) is 3.74. The number of para-hydroxylation sites is 1. The van der Waals surface area contributed by atoms with Gasteiger partial charge in [0.2, 0.25) is 5.91 Å². The second-order valence-corrected chi connectivity index (χ2v) is 7.67. The first-order chi connectivity index (χ1) is 13.2. The quantitative estimate of drug-likeness (QED) is 0.677. The van der Waals surface area contributed by atoms with Gasteiger partial charge in [0.15, 0.2) is 5.16 Å². The normalized spacial score (nSPS) is 13.2. The smallest absolute Gasteiger partial charge is 0.236 e. The summed E-state index contributed by atoms with van der Waals surface area (Å²) in [5.74, 6) is 0.812. The molecule has 138 valence electrons. The molecule has 1 amide bonds. The summed E-state index contributed by atoms with van der Waals surface area (Å²) in [6, 6.07) is 14.0. The van der Waals surface area contributed by atoms with Crippen LogP contribution in [0.25, 0.3) is 5.69 Å². The minimum absolute atomic E-state index is 0.0723. The average Bonchev–Trinajstić information content (AvgIpc) is 3.07. The highest BCUT2D eigenvalue weighted by Crippen LogP contribution is 2.30. The zero-order valence-electron chi connectivity index (χ0n) is 15.3. The maximum Gasteiger partial charge on any atom is 0.236 e. The number of nitrogens with one attached hydrogen (secondary N) is 1. The molecule has 0 radical (unpaired) electrons. The van der Waals surface area contributed by atoms with E-state index in [9.17, 15) is 4.79 Å². The molecular weight excluding hydrogens is 356 g/mol. The molecule has 3 aromatic rings. The van der Waals surface area contributed by atoms with Crippen LogP contribution in [0.5, 0.6) is 0 Å². The van der Waals surface area contributed by atoms with Gasteiger partial charge in [0.1, 0.15) is 5.82 Å². The number of pyridine rings is 1. The highest BCUT2D eigenvalue weighted by molar-refractivity contribution is 7.99. The van der Waals surface area contributed by atoms with Crippen LogP contribution in [0.1, 0.15) is 29.8 Å². The number of hydrogen-bond donors (Lipinski definition) is 1. The number of anilines is 1. The van der Waals surface area contributed by atoms with Crippen molar-refractivity contribution in [1.29, 1.82) is 0 Å². The summed E-state index contributed by atoms with van der Waals surface area (Å²) in [6.45, 7) is 1.97. The van der Waals surface area contributed by atoms with Crippen molar-refractivity contribution < 1.29 is 4.79 Å². The Hall–Kier alpha value is -2.60. The number of amides is 1. The van der Waals surface area contributed by atoms with Gasteiger partial charge in [0, 0.05) is 17.6 Å². The third-order valence-corrected chi connectivity index (χ3v) is 5.57. The maximum atomic E-state index is 12.4. The molecule has 0 saturated heterocycles. The van der Waals surface area contributed by atoms with E-state index in [1.54, 1.807) is 6.20 Å². The molecule has 27 heavy (non-hydrogen) atoms. The van der Waals surface area contributed by atoms with Crippen LogP contribution in [0.2, 0.25) is 0 Å². The van der Waals surface area contributed by atoms with Crippen LogP contribution in [-0.4, -0.2) is 26.2 Å². The van der Waals surface area contributed by atoms with Gasteiger partial charge in [-0.1, -0.05) is 36.0 Å². The van der Waals surface area contributed by atoms with Gasteiger partial charge in [-0.05, 0) is 56.4 Å². The van der Waals surface area contributed by atoms with Crippen molar-refractivity contribution in [2.75, 3.05) is 11.1 Å². The van der Waals surface area contributed by atoms with E-state index in [4.69, 9.17) is 4.98 Å². The summed E-state index contributed by atoms with van der Waals surface area (Å²) < 4.78 is 2.22. The van der Waals surface area contributed by atoms with Crippen LogP contribution in [0.3, 0.4) is 0 Å². The second kappa shape index (κ2) is 7.96. The molecule has 1 aliphatic rings. The molecule has 4 rings (SSSR count). The van der Waals surface area contributed by atoms with Crippen molar-refractivity contribution in [3.63, 3.8) is 0 Å². The number of aryl methyl sites for hydroxylation is 2. The van der Waals surface area contributed by atoms with E-state index in [0.717, 1.165) is 29.2 Å². The molecule has 1 N–H and O–H groups in total. The fraction of sp³-hybridized carbons (Fsp3) is 0.286. The van der Waals surface area contributed by atoms with Crippen molar-refractivity contribution in [2.45, 2.75) is 37.8 Å². The van der Waals surface area contributed by atoms with Crippen molar-refractivity contribution in [3.8, 4) is 5.69 Å². The van der Waals surface area contributed by atoms with E-state index in [-0.39, 0.29) is 5.91 Å². The Kier molecular flexibility index (Phi) is 5.25. The molecule has 0 aliphatic heterocycles. The van der Waals surface area contributed by atoms with Gasteiger partial charge in [0.25, 0.3) is 0 Å².